The smallest absolute Gasteiger partial charge is 0.277 e. The van der Waals surface area contributed by atoms with Crippen LogP contribution in [0.5, 0.6) is 0 Å². The second-order valence-corrected chi connectivity index (χ2v) is 4.45. The van der Waals surface area contributed by atoms with Gasteiger partial charge in [-0.3, -0.25) is 4.79 Å². The van der Waals surface area contributed by atoms with Crippen molar-refractivity contribution in [3.8, 4) is 0 Å². The minimum atomic E-state index is 0.297. The molecule has 4 heteroatoms. The molecule has 0 radical (unpaired) electrons. The van der Waals surface area contributed by atoms with Crippen LogP contribution < -0.4 is 5.32 Å². The number of likely N-dealkylation sites (tertiary alicyclic amines) is 1. The summed E-state index contributed by atoms with van der Waals surface area (Å²) in [6.07, 6.45) is 5.08. The average Bonchev–Trinajstić information content (AvgIpc) is 2.90. The molecule has 2 saturated heterocycles. The number of ether oxygens (including phenoxy) is 1. The fraction of sp³-hybridized carbons (Fsp3) is 0.909. The van der Waals surface area contributed by atoms with Gasteiger partial charge in [-0.1, -0.05) is 0 Å². The van der Waals surface area contributed by atoms with E-state index in [-0.39, 0.29) is 0 Å². The van der Waals surface area contributed by atoms with Crippen LogP contribution in [0.4, 0.5) is 0 Å². The van der Waals surface area contributed by atoms with Gasteiger partial charge in [0.05, 0.1) is 0 Å². The molecule has 2 N–H and O–H groups in total. The molecule has 1 amide bonds. The predicted octanol–water partition coefficient (Wildman–Crippen LogP) is -0.649. The number of amides is 1. The first-order valence-electron chi connectivity index (χ1n) is 6.07. The van der Waals surface area contributed by atoms with Gasteiger partial charge in [-0.15, -0.1) is 0 Å². The van der Waals surface area contributed by atoms with Crippen molar-refractivity contribution in [2.24, 2.45) is 0 Å². The monoisotopic (exact) mass is 213 g/mol. The van der Waals surface area contributed by atoms with Crippen molar-refractivity contribution in [3.63, 3.8) is 0 Å². The molecule has 86 valence electrons. The van der Waals surface area contributed by atoms with Crippen LogP contribution in [0.15, 0.2) is 0 Å². The Kier molecular flexibility index (Phi) is 3.97. The predicted molar refractivity (Wildman–Crippen MR) is 56.4 cm³/mol. The minimum Gasteiger partial charge on any atom is -0.372 e. The van der Waals surface area contributed by atoms with Gasteiger partial charge in [0, 0.05) is 19.7 Å². The maximum absolute atomic E-state index is 11.7. The average molecular weight is 213 g/mol. The lowest BCUT2D eigenvalue weighted by molar-refractivity contribution is -0.650. The standard InChI is InChI=1S/C11H20N2O2/c14-11(13-5-1-2-6-13)9-12-8-10-4-3-7-15-10/h10,12H,1-9H2/p+1/t10-/m0/s1. The van der Waals surface area contributed by atoms with Crippen molar-refractivity contribution in [2.75, 3.05) is 32.8 Å². The number of rotatable bonds is 4. The summed E-state index contributed by atoms with van der Waals surface area (Å²) < 4.78 is 5.50. The van der Waals surface area contributed by atoms with Gasteiger partial charge in [-0.25, -0.2) is 0 Å². The lowest BCUT2D eigenvalue weighted by Crippen LogP contribution is -2.88. The fourth-order valence-corrected chi connectivity index (χ4v) is 2.32. The quantitative estimate of drug-likeness (QED) is 0.674. The lowest BCUT2D eigenvalue weighted by Gasteiger charge is -2.14. The Balaban J connectivity index is 1.58. The number of quaternary nitrogens is 1. The van der Waals surface area contributed by atoms with E-state index in [0.717, 1.165) is 32.7 Å². The molecule has 1 atom stereocenters. The first-order valence-corrected chi connectivity index (χ1v) is 6.07. The first kappa shape index (κ1) is 10.9. The normalized spacial score (nSPS) is 26.1. The summed E-state index contributed by atoms with van der Waals surface area (Å²) >= 11 is 0. The molecule has 0 aromatic carbocycles. The largest absolute Gasteiger partial charge is 0.372 e. The lowest BCUT2D eigenvalue weighted by atomic mass is 10.2. The molecule has 0 unspecified atom stereocenters. The number of nitrogens with two attached hydrogens (primary N) is 1. The van der Waals surface area contributed by atoms with Crippen molar-refractivity contribution in [3.05, 3.63) is 0 Å². The molecule has 15 heavy (non-hydrogen) atoms. The summed E-state index contributed by atoms with van der Waals surface area (Å²) in [4.78, 5) is 13.7. The molecule has 2 fully saturated rings. The van der Waals surface area contributed by atoms with Crippen LogP contribution in [0.3, 0.4) is 0 Å². The van der Waals surface area contributed by atoms with Crippen LogP contribution in [0, 0.1) is 0 Å². The van der Waals surface area contributed by atoms with Crippen molar-refractivity contribution < 1.29 is 14.8 Å². The topological polar surface area (TPSA) is 46.1 Å². The molecular weight excluding hydrogens is 192 g/mol. The Morgan fingerprint density at radius 3 is 2.80 bits per heavy atom. The summed E-state index contributed by atoms with van der Waals surface area (Å²) in [5.41, 5.74) is 0. The van der Waals surface area contributed by atoms with Gasteiger partial charge in [0.25, 0.3) is 5.91 Å². The zero-order chi connectivity index (χ0) is 10.5. The van der Waals surface area contributed by atoms with E-state index in [0.29, 0.717) is 18.6 Å². The zero-order valence-corrected chi connectivity index (χ0v) is 9.28. The van der Waals surface area contributed by atoms with E-state index >= 15 is 0 Å². The molecule has 2 heterocycles. The van der Waals surface area contributed by atoms with E-state index in [4.69, 9.17) is 4.74 Å². The van der Waals surface area contributed by atoms with Crippen molar-refractivity contribution in [2.45, 2.75) is 31.8 Å². The number of carbonyl (C=O) groups is 1. The molecule has 0 aliphatic carbocycles. The maximum atomic E-state index is 11.7. The first-order chi connectivity index (χ1) is 7.36. The van der Waals surface area contributed by atoms with Crippen LogP contribution in [0.25, 0.3) is 0 Å². The van der Waals surface area contributed by atoms with Gasteiger partial charge >= 0.3 is 0 Å². The SMILES string of the molecule is O=C(C[NH2+]C[C@@H]1CCCO1)N1CCCC1. The van der Waals surface area contributed by atoms with E-state index in [9.17, 15) is 4.79 Å². The van der Waals surface area contributed by atoms with E-state index in [1.807, 2.05) is 4.90 Å². The third kappa shape index (κ3) is 3.18. The number of hydrogen-bond donors (Lipinski definition) is 1. The molecule has 2 aliphatic heterocycles. The van der Waals surface area contributed by atoms with Gasteiger partial charge in [-0.2, -0.15) is 0 Å². The molecule has 2 rings (SSSR count). The molecule has 2 aliphatic rings. The van der Waals surface area contributed by atoms with Crippen molar-refractivity contribution in [1.82, 2.24) is 4.90 Å². The van der Waals surface area contributed by atoms with Crippen LogP contribution >= 0.6 is 0 Å². The van der Waals surface area contributed by atoms with E-state index < -0.39 is 0 Å². The Morgan fingerprint density at radius 2 is 2.13 bits per heavy atom. The second kappa shape index (κ2) is 5.47. The van der Waals surface area contributed by atoms with Gasteiger partial charge < -0.3 is 15.0 Å². The summed E-state index contributed by atoms with van der Waals surface area (Å²) in [5, 5.41) is 2.09. The van der Waals surface area contributed by atoms with E-state index in [1.54, 1.807) is 0 Å². The van der Waals surface area contributed by atoms with Crippen LogP contribution in [-0.2, 0) is 9.53 Å². The Hall–Kier alpha value is -0.610. The Bertz CT molecular complexity index is 209. The number of carbonyl (C=O) groups excluding carboxylic acids is 1. The van der Waals surface area contributed by atoms with Gasteiger partial charge in [0.1, 0.15) is 12.6 Å². The molecular formula is C11H21N2O2+. The summed E-state index contributed by atoms with van der Waals surface area (Å²) in [6.45, 7) is 4.37. The maximum Gasteiger partial charge on any atom is 0.277 e. The van der Waals surface area contributed by atoms with Gasteiger partial charge in [0.15, 0.2) is 6.54 Å². The second-order valence-electron chi connectivity index (χ2n) is 4.45. The minimum absolute atomic E-state index is 0.297. The summed E-state index contributed by atoms with van der Waals surface area (Å²) in [7, 11) is 0. The third-order valence-corrected chi connectivity index (χ3v) is 3.23. The Labute approximate surface area is 91.0 Å². The fourth-order valence-electron chi connectivity index (χ4n) is 2.32. The highest BCUT2D eigenvalue weighted by atomic mass is 16.5. The van der Waals surface area contributed by atoms with Gasteiger partial charge in [-0.05, 0) is 25.7 Å². The van der Waals surface area contributed by atoms with Crippen LogP contribution in [-0.4, -0.2) is 49.7 Å². The molecule has 0 bridgehead atoms. The number of hydrogen-bond acceptors (Lipinski definition) is 2. The van der Waals surface area contributed by atoms with Gasteiger partial charge in [0.2, 0.25) is 0 Å². The third-order valence-electron chi connectivity index (χ3n) is 3.23. The summed E-state index contributed by atoms with van der Waals surface area (Å²) in [6, 6.07) is 0. The summed E-state index contributed by atoms with van der Waals surface area (Å²) in [5.74, 6) is 0.297. The Morgan fingerprint density at radius 1 is 1.33 bits per heavy atom. The molecule has 0 aromatic rings. The van der Waals surface area contributed by atoms with Crippen molar-refractivity contribution >= 4 is 5.91 Å². The van der Waals surface area contributed by atoms with E-state index in [1.165, 1.54) is 19.3 Å². The molecule has 4 nitrogen and oxygen atoms in total. The molecule has 0 aromatic heterocycles. The molecule has 0 saturated carbocycles. The van der Waals surface area contributed by atoms with Crippen LogP contribution in [0.2, 0.25) is 0 Å². The highest BCUT2D eigenvalue weighted by molar-refractivity contribution is 5.77. The van der Waals surface area contributed by atoms with E-state index in [2.05, 4.69) is 5.32 Å². The highest BCUT2D eigenvalue weighted by Crippen LogP contribution is 2.09. The number of nitrogens with zero attached hydrogens (tertiary/aromatic N) is 1. The van der Waals surface area contributed by atoms with Crippen molar-refractivity contribution in [1.29, 1.82) is 0 Å². The zero-order valence-electron chi connectivity index (χ0n) is 9.28. The highest BCUT2D eigenvalue weighted by Gasteiger charge is 2.21. The molecule has 0 spiro atoms. The van der Waals surface area contributed by atoms with Crippen LogP contribution in [0.1, 0.15) is 25.7 Å².